The van der Waals surface area contributed by atoms with E-state index in [1.54, 1.807) is 11.3 Å². The SMILES string of the molecule is CN(C)CC/C=C1\c2cc(CCC(=O)O)ccc2OCc2sccc21.Cl. The molecule has 0 fully saturated rings. The summed E-state index contributed by atoms with van der Waals surface area (Å²) < 4.78 is 6.01. The maximum atomic E-state index is 10.9. The van der Waals surface area contributed by atoms with Crippen LogP contribution in [0, 0.1) is 0 Å². The van der Waals surface area contributed by atoms with Gasteiger partial charge in [-0.05, 0) is 67.2 Å². The molecule has 1 aliphatic heterocycles. The second-order valence-corrected chi connectivity index (χ2v) is 7.48. The highest BCUT2D eigenvalue weighted by Crippen LogP contribution is 2.39. The van der Waals surface area contributed by atoms with E-state index in [0.29, 0.717) is 13.0 Å². The molecule has 1 aromatic carbocycles. The molecule has 0 saturated carbocycles. The van der Waals surface area contributed by atoms with Crippen LogP contribution in [0.2, 0.25) is 0 Å². The molecule has 0 saturated heterocycles. The number of aryl methyl sites for hydroxylation is 1. The van der Waals surface area contributed by atoms with Crippen LogP contribution in [-0.4, -0.2) is 36.6 Å². The maximum Gasteiger partial charge on any atom is 0.303 e. The van der Waals surface area contributed by atoms with Gasteiger partial charge in [-0.1, -0.05) is 12.1 Å². The van der Waals surface area contributed by atoms with Gasteiger partial charge in [0.25, 0.3) is 0 Å². The Morgan fingerprint density at radius 2 is 2.12 bits per heavy atom. The first-order chi connectivity index (χ1) is 12.0. The third kappa shape index (κ3) is 4.87. The summed E-state index contributed by atoms with van der Waals surface area (Å²) in [5.41, 5.74) is 4.53. The number of aliphatic carboxylic acids is 1. The molecule has 2 aromatic rings. The molecule has 26 heavy (non-hydrogen) atoms. The first kappa shape index (κ1) is 20.5. The second-order valence-electron chi connectivity index (χ2n) is 6.48. The molecular weight excluding hydrogens is 370 g/mol. The van der Waals surface area contributed by atoms with E-state index < -0.39 is 5.97 Å². The van der Waals surface area contributed by atoms with Gasteiger partial charge in [-0.3, -0.25) is 4.79 Å². The Kier molecular flexibility index (Phi) is 7.26. The molecule has 6 heteroatoms. The van der Waals surface area contributed by atoms with Gasteiger partial charge in [0, 0.05) is 23.4 Å². The van der Waals surface area contributed by atoms with E-state index in [4.69, 9.17) is 9.84 Å². The smallest absolute Gasteiger partial charge is 0.303 e. The highest BCUT2D eigenvalue weighted by atomic mass is 35.5. The number of nitrogens with zero attached hydrogens (tertiary/aromatic N) is 1. The Hall–Kier alpha value is -1.82. The van der Waals surface area contributed by atoms with Gasteiger partial charge in [0.05, 0.1) is 0 Å². The summed E-state index contributed by atoms with van der Waals surface area (Å²) in [6, 6.07) is 8.19. The van der Waals surface area contributed by atoms with Crippen molar-refractivity contribution in [3.05, 3.63) is 57.3 Å². The molecule has 0 atom stereocenters. The van der Waals surface area contributed by atoms with Crippen LogP contribution in [0.4, 0.5) is 0 Å². The van der Waals surface area contributed by atoms with Crippen molar-refractivity contribution in [3.8, 4) is 5.75 Å². The molecule has 0 aliphatic carbocycles. The summed E-state index contributed by atoms with van der Waals surface area (Å²) in [7, 11) is 4.14. The number of thiophene rings is 1. The number of benzene rings is 1. The van der Waals surface area contributed by atoms with Gasteiger partial charge in [0.15, 0.2) is 0 Å². The molecule has 3 rings (SSSR count). The standard InChI is InChI=1S/C20H23NO3S.ClH/c1-21(2)10-3-4-15-16-9-11-25-19(16)13-24-18-7-5-14(12-17(15)18)6-8-20(22)23;/h4-5,7,9,11-12H,3,6,8,10,13H2,1-2H3,(H,22,23);1H/b15-4-;. The molecule has 0 unspecified atom stereocenters. The summed E-state index contributed by atoms with van der Waals surface area (Å²) in [4.78, 5) is 14.3. The molecule has 4 nitrogen and oxygen atoms in total. The predicted octanol–water partition coefficient (Wildman–Crippen LogP) is 4.46. The van der Waals surface area contributed by atoms with E-state index in [-0.39, 0.29) is 18.8 Å². The van der Waals surface area contributed by atoms with Crippen molar-refractivity contribution in [1.82, 2.24) is 4.90 Å². The maximum absolute atomic E-state index is 10.9. The van der Waals surface area contributed by atoms with Crippen molar-refractivity contribution in [2.45, 2.75) is 25.9 Å². The Morgan fingerprint density at radius 3 is 2.85 bits per heavy atom. The molecule has 2 heterocycles. The van der Waals surface area contributed by atoms with Crippen LogP contribution in [-0.2, 0) is 17.8 Å². The zero-order valence-electron chi connectivity index (χ0n) is 15.0. The van der Waals surface area contributed by atoms with Gasteiger partial charge in [-0.15, -0.1) is 23.7 Å². The number of rotatable bonds is 6. The summed E-state index contributed by atoms with van der Waals surface area (Å²) in [6.45, 7) is 1.57. The summed E-state index contributed by atoms with van der Waals surface area (Å²) >= 11 is 1.72. The van der Waals surface area contributed by atoms with E-state index in [0.717, 1.165) is 29.8 Å². The zero-order chi connectivity index (χ0) is 17.8. The first-order valence-corrected chi connectivity index (χ1v) is 9.32. The van der Waals surface area contributed by atoms with Gasteiger partial charge in [0.1, 0.15) is 12.4 Å². The molecule has 1 aromatic heterocycles. The highest BCUT2D eigenvalue weighted by Gasteiger charge is 2.20. The van der Waals surface area contributed by atoms with Crippen LogP contribution in [0.3, 0.4) is 0 Å². The lowest BCUT2D eigenvalue weighted by atomic mass is 9.94. The summed E-state index contributed by atoms with van der Waals surface area (Å²) in [5, 5.41) is 11.0. The highest BCUT2D eigenvalue weighted by molar-refractivity contribution is 7.10. The number of ether oxygens (including phenoxy) is 1. The lowest BCUT2D eigenvalue weighted by molar-refractivity contribution is -0.136. The van der Waals surface area contributed by atoms with Crippen molar-refractivity contribution < 1.29 is 14.6 Å². The Balaban J connectivity index is 0.00000243. The van der Waals surface area contributed by atoms with Crippen LogP contribution in [0.1, 0.15) is 34.4 Å². The topological polar surface area (TPSA) is 49.8 Å². The Morgan fingerprint density at radius 1 is 1.31 bits per heavy atom. The lowest BCUT2D eigenvalue weighted by Gasteiger charge is -2.13. The molecule has 1 aliphatic rings. The van der Waals surface area contributed by atoms with Crippen LogP contribution < -0.4 is 4.74 Å². The molecule has 140 valence electrons. The fraction of sp³-hybridized carbons (Fsp3) is 0.350. The molecule has 0 spiro atoms. The van der Waals surface area contributed by atoms with Crippen LogP contribution >= 0.6 is 23.7 Å². The van der Waals surface area contributed by atoms with Crippen molar-refractivity contribution in [2.75, 3.05) is 20.6 Å². The van der Waals surface area contributed by atoms with E-state index in [9.17, 15) is 4.79 Å². The average Bonchev–Trinajstić information content (AvgIpc) is 2.98. The van der Waals surface area contributed by atoms with Gasteiger partial charge in [-0.25, -0.2) is 0 Å². The minimum Gasteiger partial charge on any atom is -0.487 e. The third-order valence-corrected chi connectivity index (χ3v) is 5.18. The number of carbonyl (C=O) groups is 1. The average molecular weight is 394 g/mol. The van der Waals surface area contributed by atoms with E-state index in [1.807, 2.05) is 12.1 Å². The van der Waals surface area contributed by atoms with Crippen LogP contribution in [0.25, 0.3) is 5.57 Å². The number of fused-ring (bicyclic) bond motifs is 2. The predicted molar refractivity (Wildman–Crippen MR) is 109 cm³/mol. The normalized spacial score (nSPS) is 14.2. The number of hydrogen-bond acceptors (Lipinski definition) is 4. The van der Waals surface area contributed by atoms with Gasteiger partial charge < -0.3 is 14.7 Å². The number of halogens is 1. The largest absolute Gasteiger partial charge is 0.487 e. The van der Waals surface area contributed by atoms with E-state index in [1.165, 1.54) is 16.0 Å². The van der Waals surface area contributed by atoms with Crippen molar-refractivity contribution in [2.24, 2.45) is 0 Å². The van der Waals surface area contributed by atoms with Gasteiger partial charge in [-0.2, -0.15) is 0 Å². The van der Waals surface area contributed by atoms with Crippen molar-refractivity contribution in [3.63, 3.8) is 0 Å². The number of hydrogen-bond donors (Lipinski definition) is 1. The molecular formula is C20H24ClNO3S. The van der Waals surface area contributed by atoms with Gasteiger partial charge in [0.2, 0.25) is 0 Å². The fourth-order valence-corrected chi connectivity index (χ4v) is 3.79. The lowest BCUT2D eigenvalue weighted by Crippen LogP contribution is -2.12. The van der Waals surface area contributed by atoms with Crippen LogP contribution in [0.5, 0.6) is 5.75 Å². The minimum absolute atomic E-state index is 0. The molecule has 0 bridgehead atoms. The third-order valence-electron chi connectivity index (χ3n) is 4.28. The zero-order valence-corrected chi connectivity index (χ0v) is 16.7. The monoisotopic (exact) mass is 393 g/mol. The fourth-order valence-electron chi connectivity index (χ4n) is 2.99. The Labute approximate surface area is 164 Å². The number of carboxylic acids is 1. The Bertz CT molecular complexity index is 798. The van der Waals surface area contributed by atoms with Crippen LogP contribution in [0.15, 0.2) is 35.7 Å². The first-order valence-electron chi connectivity index (χ1n) is 8.44. The summed E-state index contributed by atoms with van der Waals surface area (Å²) in [6.07, 6.45) is 3.91. The number of carboxylic acid groups (broad SMARTS) is 1. The summed E-state index contributed by atoms with van der Waals surface area (Å²) in [5.74, 6) is 0.103. The minimum atomic E-state index is -0.770. The van der Waals surface area contributed by atoms with E-state index in [2.05, 4.69) is 42.6 Å². The van der Waals surface area contributed by atoms with Crippen molar-refractivity contribution in [1.29, 1.82) is 0 Å². The second kappa shape index (κ2) is 9.21. The van der Waals surface area contributed by atoms with E-state index >= 15 is 0 Å². The van der Waals surface area contributed by atoms with Gasteiger partial charge >= 0.3 is 5.97 Å². The molecule has 0 radical (unpaired) electrons. The molecule has 0 amide bonds. The van der Waals surface area contributed by atoms with Crippen molar-refractivity contribution >= 4 is 35.3 Å². The quantitative estimate of drug-likeness (QED) is 0.787. The molecule has 1 N–H and O–H groups in total.